The highest BCUT2D eigenvalue weighted by Crippen LogP contribution is 2.38. The van der Waals surface area contributed by atoms with Crippen LogP contribution in [0.4, 0.5) is 10.3 Å². The molecule has 0 fully saturated rings. The second-order valence-electron chi connectivity index (χ2n) is 5.16. The van der Waals surface area contributed by atoms with Gasteiger partial charge in [0.1, 0.15) is 5.57 Å². The highest BCUT2D eigenvalue weighted by Gasteiger charge is 2.11. The van der Waals surface area contributed by atoms with Crippen molar-refractivity contribution in [3.63, 3.8) is 0 Å². The van der Waals surface area contributed by atoms with Gasteiger partial charge in [-0.2, -0.15) is 4.98 Å². The first kappa shape index (κ1) is 17.0. The topological polar surface area (TPSA) is 153 Å². The van der Waals surface area contributed by atoms with Gasteiger partial charge in [-0.25, -0.2) is 9.37 Å². The molecule has 3 N–H and O–H groups in total. The Balaban J connectivity index is 2.06. The van der Waals surface area contributed by atoms with Gasteiger partial charge in [0.05, 0.1) is 12.9 Å². The number of halogens is 1. The normalized spacial score (nSPS) is 12.7. The van der Waals surface area contributed by atoms with Crippen LogP contribution < -0.4 is 21.1 Å². The largest absolute Gasteiger partial charge is 0.806 e. The first-order valence-corrected chi connectivity index (χ1v) is 8.48. The van der Waals surface area contributed by atoms with Crippen LogP contribution in [0.3, 0.4) is 0 Å². The Labute approximate surface area is 139 Å². The summed E-state index contributed by atoms with van der Waals surface area (Å²) in [4.78, 5) is 43.6. The van der Waals surface area contributed by atoms with Crippen LogP contribution in [0.5, 0.6) is 0 Å². The third-order valence-corrected chi connectivity index (χ3v) is 4.08. The number of rotatable bonds is 4. The summed E-state index contributed by atoms with van der Waals surface area (Å²) in [6.45, 7) is 0.106. The molecule has 0 aliphatic carbocycles. The van der Waals surface area contributed by atoms with Crippen LogP contribution in [-0.4, -0.2) is 19.5 Å². The maximum atomic E-state index is 13.5. The maximum Gasteiger partial charge on any atom is 0.280 e. The Kier molecular flexibility index (Phi) is 4.25. The zero-order valence-electron chi connectivity index (χ0n) is 12.5. The van der Waals surface area contributed by atoms with Crippen LogP contribution in [0, 0.1) is 0 Å². The van der Waals surface area contributed by atoms with Crippen molar-refractivity contribution in [2.75, 3.05) is 5.73 Å². The molecule has 11 heteroatoms. The zero-order chi connectivity index (χ0) is 18.2. The molecule has 0 aliphatic rings. The molecule has 0 spiro atoms. The molecule has 0 saturated carbocycles. The first-order chi connectivity index (χ1) is 11.8. The smallest absolute Gasteiger partial charge is 0.280 e. The fourth-order valence-electron chi connectivity index (χ4n) is 2.30. The second-order valence-corrected chi connectivity index (χ2v) is 6.58. The van der Waals surface area contributed by atoms with Crippen molar-refractivity contribution >= 4 is 30.8 Å². The number of nitrogen functional groups attached to an aromatic ring is 1. The average Bonchev–Trinajstić information content (AvgIpc) is 2.91. The van der Waals surface area contributed by atoms with Gasteiger partial charge < -0.3 is 24.7 Å². The number of H-pyrrole nitrogens is 1. The molecule has 0 amide bonds. The molecule has 2 aromatic heterocycles. The highest BCUT2D eigenvalue weighted by molar-refractivity contribution is 7.53. The lowest BCUT2D eigenvalue weighted by Gasteiger charge is -2.27. The summed E-state index contributed by atoms with van der Waals surface area (Å²) in [7, 11) is -5.46. The van der Waals surface area contributed by atoms with Crippen molar-refractivity contribution in [3.05, 3.63) is 57.6 Å². The number of aromatic amines is 1. The molecular weight excluding hydrogens is 352 g/mol. The molecule has 3 rings (SSSR count). The quantitative estimate of drug-likeness (QED) is 0.615. The van der Waals surface area contributed by atoms with Crippen LogP contribution in [0.1, 0.15) is 11.1 Å². The van der Waals surface area contributed by atoms with Gasteiger partial charge in [-0.15, -0.1) is 0 Å². The van der Waals surface area contributed by atoms with E-state index in [0.29, 0.717) is 11.6 Å². The average molecular weight is 363 g/mol. The SMILES string of the molecule is Nc1nc2c(ncn2Cc2ccccc2/C=C(\F)P(=O)([O-])[O-])c(=O)[nH]1. The minimum atomic E-state index is -5.46. The van der Waals surface area contributed by atoms with E-state index in [1.807, 2.05) is 0 Å². The number of nitrogens with one attached hydrogen (secondary N) is 1. The monoisotopic (exact) mass is 363 g/mol. The predicted octanol–water partition coefficient (Wildman–Crippen LogP) is -0.0683. The van der Waals surface area contributed by atoms with Crippen molar-refractivity contribution in [2.45, 2.75) is 6.54 Å². The number of nitrogens with two attached hydrogens (primary N) is 1. The third kappa shape index (κ3) is 3.50. The molecular formula is C14H11FN5O4P-2. The summed E-state index contributed by atoms with van der Waals surface area (Å²) >= 11 is 0. The van der Waals surface area contributed by atoms with Gasteiger partial charge in [0.2, 0.25) is 5.95 Å². The molecule has 0 aliphatic heterocycles. The van der Waals surface area contributed by atoms with Gasteiger partial charge in [-0.3, -0.25) is 9.78 Å². The summed E-state index contributed by atoms with van der Waals surface area (Å²) in [6.07, 6.45) is 2.01. The third-order valence-electron chi connectivity index (χ3n) is 3.43. The van der Waals surface area contributed by atoms with Crippen molar-refractivity contribution in [1.29, 1.82) is 0 Å². The van der Waals surface area contributed by atoms with Gasteiger partial charge in [0.25, 0.3) is 5.56 Å². The summed E-state index contributed by atoms with van der Waals surface area (Å²) < 4.78 is 25.8. The van der Waals surface area contributed by atoms with E-state index in [4.69, 9.17) is 5.73 Å². The molecule has 0 saturated heterocycles. The minimum absolute atomic E-state index is 0.0806. The van der Waals surface area contributed by atoms with E-state index in [1.165, 1.54) is 17.0 Å². The van der Waals surface area contributed by atoms with Crippen LogP contribution in [0.2, 0.25) is 0 Å². The van der Waals surface area contributed by atoms with Crippen LogP contribution >= 0.6 is 7.60 Å². The number of fused-ring (bicyclic) bond motifs is 1. The van der Waals surface area contributed by atoms with E-state index in [2.05, 4.69) is 15.0 Å². The van der Waals surface area contributed by atoms with Gasteiger partial charge >= 0.3 is 0 Å². The minimum Gasteiger partial charge on any atom is -0.806 e. The molecule has 0 unspecified atom stereocenters. The standard InChI is InChI=1S/C14H13FN5O4P/c15-10(25(22,23)24)5-8-3-1-2-4-9(8)6-20-7-17-11-12(20)18-14(16)19-13(11)21/h1-5,7H,6H2,(H2,22,23,24)(H3,16,18,19,21)/p-2/b10-5+. The lowest BCUT2D eigenvalue weighted by atomic mass is 10.1. The summed E-state index contributed by atoms with van der Waals surface area (Å²) in [5.41, 5.74) is 4.26. The Hall–Kier alpha value is -2.81. The first-order valence-electron chi connectivity index (χ1n) is 6.94. The van der Waals surface area contributed by atoms with E-state index >= 15 is 0 Å². The van der Waals surface area contributed by atoms with Gasteiger partial charge in [-0.05, 0) is 24.8 Å². The zero-order valence-corrected chi connectivity index (χ0v) is 13.4. The fourth-order valence-corrected chi connectivity index (χ4v) is 2.59. The molecule has 0 atom stereocenters. The molecule has 0 radical (unpaired) electrons. The summed E-state index contributed by atoms with van der Waals surface area (Å²) in [5.74, 6) is -0.0860. The second kappa shape index (κ2) is 6.25. The number of anilines is 1. The van der Waals surface area contributed by atoms with E-state index in [-0.39, 0.29) is 29.2 Å². The number of hydrogen-bond acceptors (Lipinski definition) is 7. The van der Waals surface area contributed by atoms with E-state index in [9.17, 15) is 23.5 Å². The highest BCUT2D eigenvalue weighted by atomic mass is 31.2. The van der Waals surface area contributed by atoms with E-state index in [0.717, 1.165) is 0 Å². The summed E-state index contributed by atoms with van der Waals surface area (Å²) in [5, 5.41) is 0. The fraction of sp³-hybridized carbons (Fsp3) is 0.0714. The van der Waals surface area contributed by atoms with Crippen LogP contribution in [0.15, 0.2) is 41.0 Å². The number of imidazole rings is 1. The van der Waals surface area contributed by atoms with E-state index in [1.54, 1.807) is 18.2 Å². The molecule has 130 valence electrons. The molecule has 3 aromatic rings. The molecule has 1 aromatic carbocycles. The van der Waals surface area contributed by atoms with Crippen molar-refractivity contribution in [1.82, 2.24) is 19.5 Å². The Morgan fingerprint density at radius 1 is 1.40 bits per heavy atom. The van der Waals surface area contributed by atoms with Crippen molar-refractivity contribution in [2.24, 2.45) is 0 Å². The Bertz CT molecular complexity index is 1080. The number of aromatic nitrogens is 4. The van der Waals surface area contributed by atoms with Crippen molar-refractivity contribution < 1.29 is 18.7 Å². The summed E-state index contributed by atoms with van der Waals surface area (Å²) in [6, 6.07) is 6.29. The molecule has 25 heavy (non-hydrogen) atoms. The number of benzene rings is 1. The maximum absolute atomic E-state index is 13.5. The van der Waals surface area contributed by atoms with Crippen molar-refractivity contribution in [3.8, 4) is 0 Å². The lowest BCUT2D eigenvalue weighted by Crippen LogP contribution is -2.13. The number of nitrogens with zero attached hydrogens (tertiary/aromatic N) is 3. The molecule has 9 nitrogen and oxygen atoms in total. The van der Waals surface area contributed by atoms with E-state index < -0.39 is 18.7 Å². The molecule has 0 bridgehead atoms. The van der Waals surface area contributed by atoms with Gasteiger partial charge in [0.15, 0.2) is 11.2 Å². The Morgan fingerprint density at radius 3 is 2.84 bits per heavy atom. The molecule has 2 heterocycles. The van der Waals surface area contributed by atoms with Crippen LogP contribution in [0.25, 0.3) is 17.2 Å². The van der Waals surface area contributed by atoms with Gasteiger partial charge in [0, 0.05) is 0 Å². The number of hydrogen-bond donors (Lipinski definition) is 2. The van der Waals surface area contributed by atoms with Gasteiger partial charge in [-0.1, -0.05) is 24.3 Å². The predicted molar refractivity (Wildman–Crippen MR) is 84.8 cm³/mol. The Morgan fingerprint density at radius 2 is 2.12 bits per heavy atom. The lowest BCUT2D eigenvalue weighted by molar-refractivity contribution is -0.311. The van der Waals surface area contributed by atoms with Crippen LogP contribution in [-0.2, 0) is 11.1 Å².